The van der Waals surface area contributed by atoms with Crippen LogP contribution in [0.15, 0.2) is 24.3 Å². The Bertz CT molecular complexity index is 707. The van der Waals surface area contributed by atoms with E-state index in [1.807, 2.05) is 0 Å². The Hall–Kier alpha value is -1.46. The smallest absolute Gasteiger partial charge is 0.205 e. The van der Waals surface area contributed by atoms with Crippen LogP contribution in [0.1, 0.15) is 42.1 Å². The van der Waals surface area contributed by atoms with Gasteiger partial charge in [0.1, 0.15) is 11.4 Å². The molecule has 4 nitrogen and oxygen atoms in total. The first-order valence-corrected chi connectivity index (χ1v) is 8.92. The van der Waals surface area contributed by atoms with Crippen molar-refractivity contribution in [2.24, 2.45) is 0 Å². The summed E-state index contributed by atoms with van der Waals surface area (Å²) in [5.74, 6) is 1.69. The number of morpholine rings is 1. The summed E-state index contributed by atoms with van der Waals surface area (Å²) >= 11 is 1.56. The summed E-state index contributed by atoms with van der Waals surface area (Å²) in [6.07, 6.45) is 4.72. The number of benzene rings is 1. The van der Waals surface area contributed by atoms with Crippen LogP contribution in [0.5, 0.6) is 0 Å². The van der Waals surface area contributed by atoms with Gasteiger partial charge in [-0.05, 0) is 36.8 Å². The molecule has 1 aromatic heterocycles. The Morgan fingerprint density at radius 2 is 2.18 bits per heavy atom. The van der Waals surface area contributed by atoms with Gasteiger partial charge in [-0.2, -0.15) is 4.37 Å². The zero-order valence-corrected chi connectivity index (χ0v) is 13.3. The van der Waals surface area contributed by atoms with E-state index in [0.29, 0.717) is 5.92 Å². The average molecular weight is 313 g/mol. The second kappa shape index (κ2) is 4.77. The zero-order chi connectivity index (χ0) is 14.6. The van der Waals surface area contributed by atoms with Gasteiger partial charge in [0.25, 0.3) is 0 Å². The van der Waals surface area contributed by atoms with Crippen molar-refractivity contribution < 1.29 is 4.74 Å². The third-order valence-electron chi connectivity index (χ3n) is 5.14. The van der Waals surface area contributed by atoms with Crippen LogP contribution >= 0.6 is 11.5 Å². The molecule has 5 heteroatoms. The molecule has 1 spiro atoms. The number of aromatic nitrogens is 2. The van der Waals surface area contributed by atoms with Gasteiger partial charge in [-0.15, -0.1) is 0 Å². The minimum Gasteiger partial charge on any atom is -0.367 e. The minimum atomic E-state index is -0.139. The summed E-state index contributed by atoms with van der Waals surface area (Å²) in [4.78, 5) is 7.17. The zero-order valence-electron chi connectivity index (χ0n) is 12.5. The van der Waals surface area contributed by atoms with E-state index in [1.54, 1.807) is 11.5 Å². The van der Waals surface area contributed by atoms with E-state index >= 15 is 0 Å². The molecule has 0 radical (unpaired) electrons. The largest absolute Gasteiger partial charge is 0.367 e. The molecular formula is C17H19N3OS. The third-order valence-corrected chi connectivity index (χ3v) is 5.93. The van der Waals surface area contributed by atoms with Crippen LogP contribution in [0.4, 0.5) is 5.13 Å². The molecule has 2 fully saturated rings. The summed E-state index contributed by atoms with van der Waals surface area (Å²) in [6.45, 7) is 2.60. The highest BCUT2D eigenvalue weighted by Crippen LogP contribution is 2.44. The molecule has 22 heavy (non-hydrogen) atoms. The predicted molar refractivity (Wildman–Crippen MR) is 86.5 cm³/mol. The summed E-state index contributed by atoms with van der Waals surface area (Å²) in [5, 5.41) is 1.08. The number of fused-ring (bicyclic) bond motifs is 2. The Morgan fingerprint density at radius 3 is 3.09 bits per heavy atom. The van der Waals surface area contributed by atoms with Gasteiger partial charge in [-0.25, -0.2) is 4.98 Å². The number of ether oxygens (including phenoxy) is 1. The van der Waals surface area contributed by atoms with Crippen LogP contribution in [-0.4, -0.2) is 29.1 Å². The molecule has 0 N–H and O–H groups in total. The van der Waals surface area contributed by atoms with Crippen LogP contribution in [0.2, 0.25) is 0 Å². The van der Waals surface area contributed by atoms with Gasteiger partial charge in [0.05, 0.1) is 13.2 Å². The SMILES string of the molecule is c1ccc2c(c1)CCC21CN(c2nc(C3CC3)ns2)CCO1. The lowest BCUT2D eigenvalue weighted by molar-refractivity contribution is -0.0592. The standard InChI is InChI=1S/C17H19N3OS/c1-2-4-14-12(3-1)7-8-17(14)11-20(9-10-21-17)16-18-15(19-22-16)13-5-6-13/h1-4,13H,5-11H2. The van der Waals surface area contributed by atoms with Crippen molar-refractivity contribution in [2.45, 2.75) is 37.2 Å². The Morgan fingerprint density at radius 1 is 1.27 bits per heavy atom. The van der Waals surface area contributed by atoms with Crippen molar-refractivity contribution in [2.75, 3.05) is 24.6 Å². The molecular weight excluding hydrogens is 294 g/mol. The van der Waals surface area contributed by atoms with E-state index < -0.39 is 0 Å². The second-order valence-corrected chi connectivity index (χ2v) is 7.36. The fourth-order valence-electron chi connectivity index (χ4n) is 3.78. The van der Waals surface area contributed by atoms with E-state index in [0.717, 1.165) is 43.5 Å². The van der Waals surface area contributed by atoms with Gasteiger partial charge in [-0.1, -0.05) is 24.3 Å². The Kier molecular flexibility index (Phi) is 2.82. The quantitative estimate of drug-likeness (QED) is 0.854. The van der Waals surface area contributed by atoms with Gasteiger partial charge in [0.15, 0.2) is 0 Å². The molecule has 5 rings (SSSR count). The van der Waals surface area contributed by atoms with E-state index in [-0.39, 0.29) is 5.60 Å². The lowest BCUT2D eigenvalue weighted by atomic mass is 9.94. The fourth-order valence-corrected chi connectivity index (χ4v) is 4.55. The molecule has 1 aromatic carbocycles. The molecule has 114 valence electrons. The molecule has 2 heterocycles. The van der Waals surface area contributed by atoms with Crippen LogP contribution < -0.4 is 4.90 Å². The maximum absolute atomic E-state index is 6.29. The monoisotopic (exact) mass is 313 g/mol. The molecule has 2 aliphatic carbocycles. The van der Waals surface area contributed by atoms with Gasteiger partial charge in [0, 0.05) is 24.0 Å². The molecule has 1 saturated carbocycles. The molecule has 3 aliphatic rings. The van der Waals surface area contributed by atoms with Crippen molar-refractivity contribution in [1.82, 2.24) is 9.36 Å². The highest BCUT2D eigenvalue weighted by molar-refractivity contribution is 7.09. The summed E-state index contributed by atoms with van der Waals surface area (Å²) in [6, 6.07) is 8.74. The summed E-state index contributed by atoms with van der Waals surface area (Å²) in [7, 11) is 0. The maximum Gasteiger partial charge on any atom is 0.205 e. The van der Waals surface area contributed by atoms with Crippen LogP contribution in [0.25, 0.3) is 0 Å². The maximum atomic E-state index is 6.29. The number of rotatable bonds is 2. The number of aryl methyl sites for hydroxylation is 1. The second-order valence-electron chi connectivity index (χ2n) is 6.63. The fraction of sp³-hybridized carbons (Fsp3) is 0.529. The van der Waals surface area contributed by atoms with Gasteiger partial charge in [-0.3, -0.25) is 0 Å². The number of anilines is 1. The molecule has 1 atom stereocenters. The molecule has 2 aromatic rings. The Labute approximate surface area is 134 Å². The first kappa shape index (κ1) is 13.0. The van der Waals surface area contributed by atoms with Crippen molar-refractivity contribution in [3.63, 3.8) is 0 Å². The molecule has 0 amide bonds. The van der Waals surface area contributed by atoms with E-state index in [9.17, 15) is 0 Å². The first-order valence-electron chi connectivity index (χ1n) is 8.15. The van der Waals surface area contributed by atoms with E-state index in [2.05, 4.69) is 33.5 Å². The average Bonchev–Trinajstić information content (AvgIpc) is 3.20. The highest BCUT2D eigenvalue weighted by atomic mass is 32.1. The molecule has 1 aliphatic heterocycles. The topological polar surface area (TPSA) is 38.2 Å². The molecule has 0 bridgehead atoms. The van der Waals surface area contributed by atoms with E-state index in [4.69, 9.17) is 9.72 Å². The lowest BCUT2D eigenvalue weighted by Gasteiger charge is -2.41. The van der Waals surface area contributed by atoms with Gasteiger partial charge >= 0.3 is 0 Å². The number of hydrogen-bond donors (Lipinski definition) is 0. The van der Waals surface area contributed by atoms with Gasteiger partial charge < -0.3 is 9.64 Å². The van der Waals surface area contributed by atoms with Crippen LogP contribution in [-0.2, 0) is 16.8 Å². The predicted octanol–water partition coefficient (Wildman–Crippen LogP) is 3.09. The number of nitrogens with zero attached hydrogens (tertiary/aromatic N) is 3. The molecule has 1 unspecified atom stereocenters. The lowest BCUT2D eigenvalue weighted by Crippen LogP contribution is -2.49. The normalized spacial score (nSPS) is 27.4. The first-order chi connectivity index (χ1) is 10.8. The van der Waals surface area contributed by atoms with Crippen molar-refractivity contribution in [1.29, 1.82) is 0 Å². The number of hydrogen-bond acceptors (Lipinski definition) is 5. The van der Waals surface area contributed by atoms with Gasteiger partial charge in [0.2, 0.25) is 5.13 Å². The van der Waals surface area contributed by atoms with E-state index in [1.165, 1.54) is 24.0 Å². The summed E-state index contributed by atoms with van der Waals surface area (Å²) in [5.41, 5.74) is 2.69. The minimum absolute atomic E-state index is 0.139. The van der Waals surface area contributed by atoms with Crippen LogP contribution in [0, 0.1) is 0 Å². The molecule has 1 saturated heterocycles. The summed E-state index contributed by atoms with van der Waals surface area (Å²) < 4.78 is 10.8. The van der Waals surface area contributed by atoms with Crippen molar-refractivity contribution >= 4 is 16.7 Å². The van der Waals surface area contributed by atoms with Crippen LogP contribution in [0.3, 0.4) is 0 Å². The van der Waals surface area contributed by atoms with Crippen molar-refractivity contribution in [3.8, 4) is 0 Å². The Balaban J connectivity index is 1.45. The van der Waals surface area contributed by atoms with Crippen molar-refractivity contribution in [3.05, 3.63) is 41.2 Å². The highest BCUT2D eigenvalue weighted by Gasteiger charge is 2.44. The third kappa shape index (κ3) is 1.99.